The van der Waals surface area contributed by atoms with E-state index < -0.39 is 0 Å². The van der Waals surface area contributed by atoms with E-state index in [1.165, 1.54) is 0 Å². The molecule has 0 amide bonds. The summed E-state index contributed by atoms with van der Waals surface area (Å²) in [5, 5.41) is 0. The van der Waals surface area contributed by atoms with E-state index in [2.05, 4.69) is 29.6 Å². The minimum Gasteiger partial charge on any atom is -0.297 e. The van der Waals surface area contributed by atoms with Crippen LogP contribution in [0.3, 0.4) is 0 Å². The fraction of sp³-hybridized carbons (Fsp3) is 0.444. The first-order valence-electron chi connectivity index (χ1n) is 4.02. The summed E-state index contributed by atoms with van der Waals surface area (Å²) >= 11 is 4.17. The lowest BCUT2D eigenvalue weighted by molar-refractivity contribution is 0.397. The lowest BCUT2D eigenvalue weighted by atomic mass is 10.3. The first kappa shape index (κ1) is 9.55. The smallest absolute Gasteiger partial charge is 0.0416 e. The molecule has 1 rings (SSSR count). The maximum atomic E-state index is 4.23. The van der Waals surface area contributed by atoms with Crippen LogP contribution < -0.4 is 0 Å². The Hall–Kier alpha value is -0.540. The van der Waals surface area contributed by atoms with Crippen LogP contribution in [-0.4, -0.2) is 29.4 Å². The Bertz CT molecular complexity index is 213. The van der Waals surface area contributed by atoms with Gasteiger partial charge in [-0.1, -0.05) is 6.07 Å². The van der Waals surface area contributed by atoms with E-state index in [-0.39, 0.29) is 0 Å². The molecule has 66 valence electrons. The summed E-state index contributed by atoms with van der Waals surface area (Å²) in [5.41, 5.74) is 1.14. The van der Waals surface area contributed by atoms with E-state index in [1.807, 2.05) is 24.4 Å². The van der Waals surface area contributed by atoms with Crippen LogP contribution in [0.5, 0.6) is 0 Å². The minimum atomic E-state index is 0.798. The largest absolute Gasteiger partial charge is 0.297 e. The van der Waals surface area contributed by atoms with E-state index in [9.17, 15) is 0 Å². The lowest BCUT2D eigenvalue weighted by Gasteiger charge is -2.11. The summed E-state index contributed by atoms with van der Waals surface area (Å²) in [6.07, 6.45) is 2.83. The average Bonchev–Trinajstić information content (AvgIpc) is 2.16. The number of thiol groups is 1. The molecule has 1 aromatic rings. The molecule has 0 atom stereocenters. The Morgan fingerprint density at radius 2 is 2.33 bits per heavy atom. The van der Waals surface area contributed by atoms with Gasteiger partial charge in [-0.05, 0) is 19.2 Å². The van der Waals surface area contributed by atoms with Gasteiger partial charge in [0.05, 0.1) is 0 Å². The van der Waals surface area contributed by atoms with Crippen molar-refractivity contribution in [3.8, 4) is 0 Å². The summed E-state index contributed by atoms with van der Waals surface area (Å²) in [7, 11) is 2.05. The third kappa shape index (κ3) is 3.24. The Morgan fingerprint density at radius 3 is 2.92 bits per heavy atom. The highest BCUT2D eigenvalue weighted by atomic mass is 32.1. The number of rotatable bonds is 4. The zero-order chi connectivity index (χ0) is 8.81. The second-order valence-corrected chi connectivity index (χ2v) is 3.08. The van der Waals surface area contributed by atoms with E-state index >= 15 is 0 Å². The molecule has 0 spiro atoms. The summed E-state index contributed by atoms with van der Waals surface area (Å²) < 4.78 is 0. The lowest BCUT2D eigenvalue weighted by Crippen LogP contribution is -2.19. The van der Waals surface area contributed by atoms with Gasteiger partial charge in [0.25, 0.3) is 0 Å². The van der Waals surface area contributed by atoms with Crippen molar-refractivity contribution in [3.63, 3.8) is 0 Å². The first-order chi connectivity index (χ1) is 5.83. The molecule has 0 aliphatic heterocycles. The molecule has 0 N–H and O–H groups in total. The number of hydrogen-bond donors (Lipinski definition) is 1. The molecule has 0 saturated carbocycles. The quantitative estimate of drug-likeness (QED) is 0.560. The molecule has 2 nitrogen and oxygen atoms in total. The van der Waals surface area contributed by atoms with E-state index in [0.717, 1.165) is 24.5 Å². The monoisotopic (exact) mass is 182 g/mol. The second kappa shape index (κ2) is 5.17. The number of aromatic nitrogens is 1. The van der Waals surface area contributed by atoms with Crippen LogP contribution in [-0.2, 0) is 6.42 Å². The Morgan fingerprint density at radius 1 is 1.50 bits per heavy atom. The van der Waals surface area contributed by atoms with Gasteiger partial charge in [0, 0.05) is 30.7 Å². The van der Waals surface area contributed by atoms with Crippen LogP contribution in [0.4, 0.5) is 0 Å². The molecule has 0 bridgehead atoms. The molecule has 0 aromatic carbocycles. The van der Waals surface area contributed by atoms with Crippen molar-refractivity contribution in [2.24, 2.45) is 0 Å². The molecule has 1 heterocycles. The molecule has 0 fully saturated rings. The number of nitrogens with zero attached hydrogens (tertiary/aromatic N) is 2. The Kier molecular flexibility index (Phi) is 4.11. The van der Waals surface area contributed by atoms with Crippen molar-refractivity contribution in [3.05, 3.63) is 30.1 Å². The van der Waals surface area contributed by atoms with Crippen molar-refractivity contribution in [2.45, 2.75) is 6.42 Å². The maximum Gasteiger partial charge on any atom is 0.0416 e. The highest BCUT2D eigenvalue weighted by Crippen LogP contribution is 1.96. The molecule has 0 aliphatic rings. The number of likely N-dealkylation sites (N-methyl/N-ethyl adjacent to an activating group) is 1. The van der Waals surface area contributed by atoms with Crippen LogP contribution in [0.25, 0.3) is 0 Å². The topological polar surface area (TPSA) is 16.1 Å². The number of hydrogen-bond acceptors (Lipinski definition) is 3. The van der Waals surface area contributed by atoms with Crippen molar-refractivity contribution in [2.75, 3.05) is 19.5 Å². The molecule has 12 heavy (non-hydrogen) atoms. The molecule has 0 saturated heterocycles. The van der Waals surface area contributed by atoms with E-state index in [0.29, 0.717) is 0 Å². The van der Waals surface area contributed by atoms with Crippen molar-refractivity contribution in [1.82, 2.24) is 9.88 Å². The fourth-order valence-electron chi connectivity index (χ4n) is 0.922. The molecule has 0 radical (unpaired) electrons. The number of pyridine rings is 1. The second-order valence-electron chi connectivity index (χ2n) is 2.79. The first-order valence-corrected chi connectivity index (χ1v) is 4.65. The van der Waals surface area contributed by atoms with E-state index in [4.69, 9.17) is 0 Å². The van der Waals surface area contributed by atoms with Crippen LogP contribution in [0, 0.1) is 0 Å². The van der Waals surface area contributed by atoms with Crippen LogP contribution >= 0.6 is 12.6 Å². The zero-order valence-corrected chi connectivity index (χ0v) is 8.17. The van der Waals surface area contributed by atoms with Gasteiger partial charge in [-0.25, -0.2) is 0 Å². The van der Waals surface area contributed by atoms with Crippen molar-refractivity contribution >= 4 is 12.6 Å². The normalized spacial score (nSPS) is 10.6. The average molecular weight is 182 g/mol. The standard InChI is InChI=1S/C9H14N2S/c1-11(8-12)7-5-9-4-2-3-6-10-9/h2-4,6,12H,5,7-8H2,1H3. The predicted octanol–water partition coefficient (Wildman–Crippen LogP) is 1.44. The van der Waals surface area contributed by atoms with Gasteiger partial charge in [0.2, 0.25) is 0 Å². The Labute approximate surface area is 79.0 Å². The van der Waals surface area contributed by atoms with Gasteiger partial charge in [-0.15, -0.1) is 0 Å². The van der Waals surface area contributed by atoms with Gasteiger partial charge in [0.15, 0.2) is 0 Å². The van der Waals surface area contributed by atoms with Crippen LogP contribution in [0.2, 0.25) is 0 Å². The van der Waals surface area contributed by atoms with Gasteiger partial charge in [-0.2, -0.15) is 12.6 Å². The summed E-state index contributed by atoms with van der Waals surface area (Å²) in [5.74, 6) is 0.798. The van der Waals surface area contributed by atoms with Crippen LogP contribution in [0.15, 0.2) is 24.4 Å². The van der Waals surface area contributed by atoms with Crippen molar-refractivity contribution in [1.29, 1.82) is 0 Å². The third-order valence-electron chi connectivity index (χ3n) is 1.72. The van der Waals surface area contributed by atoms with Gasteiger partial charge < -0.3 is 0 Å². The highest BCUT2D eigenvalue weighted by molar-refractivity contribution is 7.80. The SMILES string of the molecule is CN(CS)CCc1ccccn1. The van der Waals surface area contributed by atoms with Gasteiger partial charge in [-0.3, -0.25) is 9.88 Å². The maximum absolute atomic E-state index is 4.23. The molecule has 3 heteroatoms. The minimum absolute atomic E-state index is 0.798. The Balaban J connectivity index is 2.33. The third-order valence-corrected chi connectivity index (χ3v) is 2.20. The van der Waals surface area contributed by atoms with Gasteiger partial charge in [0.1, 0.15) is 0 Å². The summed E-state index contributed by atoms with van der Waals surface area (Å²) in [6.45, 7) is 1.01. The molecule has 0 aliphatic carbocycles. The fourth-order valence-corrected chi connectivity index (χ4v) is 1.06. The molecule has 0 unspecified atom stereocenters. The summed E-state index contributed by atoms with van der Waals surface area (Å²) in [6, 6.07) is 6.00. The predicted molar refractivity (Wildman–Crippen MR) is 54.4 cm³/mol. The van der Waals surface area contributed by atoms with Gasteiger partial charge >= 0.3 is 0 Å². The zero-order valence-electron chi connectivity index (χ0n) is 7.27. The summed E-state index contributed by atoms with van der Waals surface area (Å²) in [4.78, 5) is 6.38. The van der Waals surface area contributed by atoms with Crippen molar-refractivity contribution < 1.29 is 0 Å². The highest BCUT2D eigenvalue weighted by Gasteiger charge is 1.96. The van der Waals surface area contributed by atoms with E-state index in [1.54, 1.807) is 0 Å². The molecular formula is C9H14N2S. The molecular weight excluding hydrogens is 168 g/mol. The molecule has 1 aromatic heterocycles. The van der Waals surface area contributed by atoms with Crippen LogP contribution in [0.1, 0.15) is 5.69 Å².